The Morgan fingerprint density at radius 3 is 2.44 bits per heavy atom. The van der Waals surface area contributed by atoms with E-state index in [1.54, 1.807) is 12.1 Å². The van der Waals surface area contributed by atoms with Crippen LogP contribution in [0.1, 0.15) is 27.0 Å². The molecule has 0 heterocycles. The topological polar surface area (TPSA) is 79.5 Å². The van der Waals surface area contributed by atoms with Crippen molar-refractivity contribution in [2.45, 2.75) is 20.8 Å². The average Bonchev–Trinajstić information content (AvgIpc) is 2.62. The van der Waals surface area contributed by atoms with Gasteiger partial charge in [0.25, 0.3) is 11.8 Å². The van der Waals surface area contributed by atoms with Crippen LogP contribution in [-0.4, -0.2) is 23.5 Å². The number of benzene rings is 2. The molecule has 0 radical (unpaired) electrons. The number of thiocarbonyl (C=S) groups is 1. The normalized spacial score (nSPS) is 10.1. The van der Waals surface area contributed by atoms with Gasteiger partial charge in [-0.05, 0) is 67.9 Å². The second kappa shape index (κ2) is 9.48. The van der Waals surface area contributed by atoms with Crippen LogP contribution in [-0.2, 0) is 4.79 Å². The summed E-state index contributed by atoms with van der Waals surface area (Å²) in [5.74, 6) is -0.165. The summed E-state index contributed by atoms with van der Waals surface area (Å²) < 4.78 is 6.34. The molecule has 2 amide bonds. The maximum absolute atomic E-state index is 12.1. The van der Waals surface area contributed by atoms with Crippen LogP contribution in [0.3, 0.4) is 0 Å². The van der Waals surface area contributed by atoms with E-state index in [4.69, 9.17) is 17.0 Å². The summed E-state index contributed by atoms with van der Waals surface area (Å²) in [5.41, 5.74) is 8.38. The van der Waals surface area contributed by atoms with Crippen LogP contribution in [0.5, 0.6) is 5.75 Å². The van der Waals surface area contributed by atoms with Crippen molar-refractivity contribution in [3.8, 4) is 5.75 Å². The molecule has 0 aromatic heterocycles. The number of hydrazine groups is 1. The van der Waals surface area contributed by atoms with Gasteiger partial charge in [-0.1, -0.05) is 34.1 Å². The Morgan fingerprint density at radius 2 is 1.74 bits per heavy atom. The van der Waals surface area contributed by atoms with Crippen molar-refractivity contribution in [3.63, 3.8) is 0 Å². The van der Waals surface area contributed by atoms with Crippen LogP contribution < -0.4 is 20.9 Å². The highest BCUT2D eigenvalue weighted by molar-refractivity contribution is 9.10. The molecule has 2 aromatic carbocycles. The maximum Gasteiger partial charge on any atom is 0.269 e. The molecule has 0 unspecified atom stereocenters. The van der Waals surface area contributed by atoms with E-state index in [1.807, 2.05) is 45.0 Å². The zero-order valence-corrected chi connectivity index (χ0v) is 17.6. The zero-order valence-electron chi connectivity index (χ0n) is 15.2. The van der Waals surface area contributed by atoms with Crippen LogP contribution in [0.25, 0.3) is 0 Å². The first-order chi connectivity index (χ1) is 12.8. The molecule has 0 spiro atoms. The molecule has 8 heteroatoms. The van der Waals surface area contributed by atoms with Crippen molar-refractivity contribution in [1.82, 2.24) is 16.2 Å². The first-order valence-electron chi connectivity index (χ1n) is 8.12. The second-order valence-electron chi connectivity index (χ2n) is 5.98. The minimum atomic E-state index is -0.430. The molecule has 3 N–H and O–H groups in total. The Labute approximate surface area is 171 Å². The number of ether oxygens (including phenoxy) is 1. The fourth-order valence-corrected chi connectivity index (χ4v) is 2.66. The third-order valence-electron chi connectivity index (χ3n) is 3.68. The van der Waals surface area contributed by atoms with Gasteiger partial charge in [-0.3, -0.25) is 25.8 Å². The third kappa shape index (κ3) is 6.33. The fraction of sp³-hybridized carbons (Fsp3) is 0.211. The van der Waals surface area contributed by atoms with E-state index in [0.29, 0.717) is 11.3 Å². The van der Waals surface area contributed by atoms with E-state index >= 15 is 0 Å². The molecule has 0 fully saturated rings. The summed E-state index contributed by atoms with van der Waals surface area (Å²) in [6, 6.07) is 11.0. The highest BCUT2D eigenvalue weighted by atomic mass is 79.9. The van der Waals surface area contributed by atoms with Gasteiger partial charge in [0, 0.05) is 10.0 Å². The van der Waals surface area contributed by atoms with Crippen LogP contribution >= 0.6 is 28.1 Å². The van der Waals surface area contributed by atoms with Gasteiger partial charge in [0.2, 0.25) is 0 Å². The van der Waals surface area contributed by atoms with Gasteiger partial charge < -0.3 is 4.74 Å². The summed E-state index contributed by atoms with van der Waals surface area (Å²) in [6.45, 7) is 5.58. The monoisotopic (exact) mass is 449 g/mol. The first kappa shape index (κ1) is 20.9. The lowest BCUT2D eigenvalue weighted by Crippen LogP contribution is -2.49. The van der Waals surface area contributed by atoms with Crippen molar-refractivity contribution >= 4 is 45.1 Å². The van der Waals surface area contributed by atoms with Crippen molar-refractivity contribution in [2.24, 2.45) is 0 Å². The first-order valence-corrected chi connectivity index (χ1v) is 9.33. The lowest BCUT2D eigenvalue weighted by Gasteiger charge is -2.12. The highest BCUT2D eigenvalue weighted by Gasteiger charge is 2.10. The van der Waals surface area contributed by atoms with Crippen molar-refractivity contribution in [1.29, 1.82) is 0 Å². The number of hydrogen-bond acceptors (Lipinski definition) is 4. The third-order valence-corrected chi connectivity index (χ3v) is 4.74. The summed E-state index contributed by atoms with van der Waals surface area (Å²) in [4.78, 5) is 24.0. The molecule has 0 aliphatic heterocycles. The van der Waals surface area contributed by atoms with Gasteiger partial charge in [0.1, 0.15) is 5.75 Å². The van der Waals surface area contributed by atoms with E-state index in [-0.39, 0.29) is 17.6 Å². The molecule has 0 aliphatic rings. The molecule has 2 aromatic rings. The number of nitrogens with one attached hydrogen (secondary N) is 3. The van der Waals surface area contributed by atoms with Gasteiger partial charge in [0.05, 0.1) is 0 Å². The van der Waals surface area contributed by atoms with Crippen molar-refractivity contribution < 1.29 is 14.3 Å². The predicted octanol–water partition coefficient (Wildman–Crippen LogP) is 3.09. The predicted molar refractivity (Wildman–Crippen MR) is 112 cm³/mol. The Kier molecular flexibility index (Phi) is 7.32. The standard InChI is InChI=1S/C19H20BrN3O3S/c1-11-4-5-13(3)16(8-11)26-10-17(24)21-19(27)23-22-18(25)14-7-6-12(2)15(20)9-14/h4-9H,10H2,1-3H3,(H,22,25)(H2,21,23,24,27). The molecule has 0 bridgehead atoms. The number of aryl methyl sites for hydroxylation is 3. The Hall–Kier alpha value is -2.45. The van der Waals surface area contributed by atoms with Gasteiger partial charge in [-0.2, -0.15) is 0 Å². The number of carbonyl (C=O) groups excluding carboxylic acids is 2. The van der Waals surface area contributed by atoms with E-state index < -0.39 is 5.91 Å². The van der Waals surface area contributed by atoms with Crippen LogP contribution in [0.15, 0.2) is 40.9 Å². The summed E-state index contributed by atoms with van der Waals surface area (Å²) >= 11 is 8.38. The van der Waals surface area contributed by atoms with Gasteiger partial charge in [-0.15, -0.1) is 0 Å². The molecular weight excluding hydrogens is 430 g/mol. The molecule has 0 atom stereocenters. The summed E-state index contributed by atoms with van der Waals surface area (Å²) in [7, 11) is 0. The molecule has 0 saturated carbocycles. The number of amides is 2. The minimum Gasteiger partial charge on any atom is -0.483 e. The Balaban J connectivity index is 1.79. The van der Waals surface area contributed by atoms with E-state index in [2.05, 4.69) is 32.1 Å². The van der Waals surface area contributed by atoms with Gasteiger partial charge >= 0.3 is 0 Å². The Morgan fingerprint density at radius 1 is 1.04 bits per heavy atom. The van der Waals surface area contributed by atoms with Crippen LogP contribution in [0.4, 0.5) is 0 Å². The lowest BCUT2D eigenvalue weighted by atomic mass is 10.1. The SMILES string of the molecule is Cc1ccc(C)c(OCC(=O)NC(=S)NNC(=O)c2ccc(C)c(Br)c2)c1. The number of halogens is 1. The van der Waals surface area contributed by atoms with Gasteiger partial charge in [0.15, 0.2) is 11.7 Å². The smallest absolute Gasteiger partial charge is 0.269 e. The molecule has 6 nitrogen and oxygen atoms in total. The van der Waals surface area contributed by atoms with Crippen LogP contribution in [0, 0.1) is 20.8 Å². The molecule has 27 heavy (non-hydrogen) atoms. The molecule has 2 rings (SSSR count). The summed E-state index contributed by atoms with van der Waals surface area (Å²) in [5, 5.41) is 2.42. The summed E-state index contributed by atoms with van der Waals surface area (Å²) in [6.07, 6.45) is 0. The number of hydrogen-bond donors (Lipinski definition) is 3. The van der Waals surface area contributed by atoms with Gasteiger partial charge in [-0.25, -0.2) is 0 Å². The molecule has 0 aliphatic carbocycles. The number of carbonyl (C=O) groups is 2. The largest absolute Gasteiger partial charge is 0.483 e. The van der Waals surface area contributed by atoms with E-state index in [0.717, 1.165) is 21.2 Å². The maximum atomic E-state index is 12.1. The lowest BCUT2D eigenvalue weighted by molar-refractivity contribution is -0.121. The minimum absolute atomic E-state index is 0.0240. The van der Waals surface area contributed by atoms with E-state index in [1.165, 1.54) is 0 Å². The van der Waals surface area contributed by atoms with Crippen LogP contribution in [0.2, 0.25) is 0 Å². The van der Waals surface area contributed by atoms with Crippen molar-refractivity contribution in [3.05, 3.63) is 63.1 Å². The van der Waals surface area contributed by atoms with Crippen molar-refractivity contribution in [2.75, 3.05) is 6.61 Å². The molecular formula is C19H20BrN3O3S. The zero-order chi connectivity index (χ0) is 20.0. The highest BCUT2D eigenvalue weighted by Crippen LogP contribution is 2.19. The van der Waals surface area contributed by atoms with E-state index in [9.17, 15) is 9.59 Å². The molecule has 142 valence electrons. The molecule has 0 saturated heterocycles. The Bertz CT molecular complexity index is 886. The average molecular weight is 450 g/mol. The quantitative estimate of drug-likeness (QED) is 0.493. The fourth-order valence-electron chi connectivity index (χ4n) is 2.12. The number of rotatable bonds is 4. The second-order valence-corrected chi connectivity index (χ2v) is 7.24.